The van der Waals surface area contributed by atoms with Crippen molar-refractivity contribution in [1.82, 2.24) is 5.32 Å². The molecule has 1 aliphatic rings. The standard InChI is InChI=1S/C14H21N3O3/c1-14(2,3)17-13(18)8-16-10-7-12-11(6-9(10)15)19-4-5-20-12/h6-7,16H,4-5,8,15H2,1-3H3,(H,17,18). The summed E-state index contributed by atoms with van der Waals surface area (Å²) >= 11 is 0. The molecule has 1 aromatic rings. The van der Waals surface area contributed by atoms with Gasteiger partial charge in [0.2, 0.25) is 5.91 Å². The SMILES string of the molecule is CC(C)(C)NC(=O)CNc1cc2c(cc1N)OCCO2. The maximum absolute atomic E-state index is 11.8. The third-order valence-corrected chi connectivity index (χ3v) is 2.67. The van der Waals surface area contributed by atoms with E-state index in [0.717, 1.165) is 0 Å². The Hall–Kier alpha value is -2.11. The monoisotopic (exact) mass is 279 g/mol. The Morgan fingerprint density at radius 3 is 2.45 bits per heavy atom. The van der Waals surface area contributed by atoms with Crippen molar-refractivity contribution in [1.29, 1.82) is 0 Å². The van der Waals surface area contributed by atoms with Crippen LogP contribution < -0.4 is 25.8 Å². The Morgan fingerprint density at radius 1 is 1.25 bits per heavy atom. The van der Waals surface area contributed by atoms with Crippen molar-refractivity contribution in [2.75, 3.05) is 30.8 Å². The third-order valence-electron chi connectivity index (χ3n) is 2.67. The Labute approximate surface area is 118 Å². The van der Waals surface area contributed by atoms with Crippen LogP contribution in [0.3, 0.4) is 0 Å². The van der Waals surface area contributed by atoms with Crippen molar-refractivity contribution < 1.29 is 14.3 Å². The van der Waals surface area contributed by atoms with E-state index >= 15 is 0 Å². The van der Waals surface area contributed by atoms with E-state index in [1.54, 1.807) is 12.1 Å². The molecule has 0 unspecified atom stereocenters. The number of benzene rings is 1. The molecule has 0 saturated heterocycles. The zero-order valence-electron chi connectivity index (χ0n) is 12.1. The second kappa shape index (κ2) is 5.48. The van der Waals surface area contributed by atoms with Crippen LogP contribution in [-0.4, -0.2) is 31.2 Å². The summed E-state index contributed by atoms with van der Waals surface area (Å²) in [4.78, 5) is 11.8. The van der Waals surface area contributed by atoms with Crippen LogP contribution in [0.5, 0.6) is 11.5 Å². The lowest BCUT2D eigenvalue weighted by molar-refractivity contribution is -0.120. The molecule has 1 aromatic carbocycles. The Balaban J connectivity index is 2.01. The van der Waals surface area contributed by atoms with Gasteiger partial charge in [-0.2, -0.15) is 0 Å². The van der Waals surface area contributed by atoms with E-state index < -0.39 is 0 Å². The van der Waals surface area contributed by atoms with Gasteiger partial charge >= 0.3 is 0 Å². The molecular formula is C14H21N3O3. The van der Waals surface area contributed by atoms with Gasteiger partial charge in [-0.3, -0.25) is 4.79 Å². The Kier molecular flexibility index (Phi) is 3.92. The van der Waals surface area contributed by atoms with E-state index in [2.05, 4.69) is 10.6 Å². The number of amides is 1. The highest BCUT2D eigenvalue weighted by atomic mass is 16.6. The van der Waals surface area contributed by atoms with Crippen LogP contribution in [0.15, 0.2) is 12.1 Å². The van der Waals surface area contributed by atoms with Crippen LogP contribution in [0.25, 0.3) is 0 Å². The molecule has 4 N–H and O–H groups in total. The lowest BCUT2D eigenvalue weighted by Gasteiger charge is -2.22. The zero-order chi connectivity index (χ0) is 14.8. The minimum atomic E-state index is -0.253. The van der Waals surface area contributed by atoms with Gasteiger partial charge in [0.25, 0.3) is 0 Å². The molecule has 0 saturated carbocycles. The molecule has 2 rings (SSSR count). The van der Waals surface area contributed by atoms with E-state index in [0.29, 0.717) is 36.1 Å². The van der Waals surface area contributed by atoms with Gasteiger partial charge in [-0.1, -0.05) is 0 Å². The quantitative estimate of drug-likeness (QED) is 0.728. The number of nitrogens with one attached hydrogen (secondary N) is 2. The molecule has 6 heteroatoms. The van der Waals surface area contributed by atoms with E-state index in [1.165, 1.54) is 0 Å². The summed E-state index contributed by atoms with van der Waals surface area (Å²) in [6.45, 7) is 6.99. The Bertz CT molecular complexity index is 509. The number of nitrogen functional groups attached to an aromatic ring is 1. The number of carbonyl (C=O) groups excluding carboxylic acids is 1. The Morgan fingerprint density at radius 2 is 1.85 bits per heavy atom. The largest absolute Gasteiger partial charge is 0.486 e. The first-order valence-corrected chi connectivity index (χ1v) is 6.59. The van der Waals surface area contributed by atoms with Crippen LogP contribution in [0.1, 0.15) is 20.8 Å². The predicted octanol–water partition coefficient (Wildman–Crippen LogP) is 1.37. The van der Waals surface area contributed by atoms with Gasteiger partial charge in [0.1, 0.15) is 13.2 Å². The second-order valence-electron chi connectivity index (χ2n) is 5.73. The predicted molar refractivity (Wildman–Crippen MR) is 78.2 cm³/mol. The first-order valence-electron chi connectivity index (χ1n) is 6.59. The zero-order valence-corrected chi connectivity index (χ0v) is 12.1. The summed E-state index contributed by atoms with van der Waals surface area (Å²) in [6, 6.07) is 3.46. The van der Waals surface area contributed by atoms with E-state index in [9.17, 15) is 4.79 Å². The average Bonchev–Trinajstić information content (AvgIpc) is 2.34. The number of carbonyl (C=O) groups is 1. The summed E-state index contributed by atoms with van der Waals surface area (Å²) in [7, 11) is 0. The molecule has 0 aliphatic carbocycles. The fourth-order valence-electron chi connectivity index (χ4n) is 1.90. The molecular weight excluding hydrogens is 258 g/mol. The van der Waals surface area contributed by atoms with Gasteiger partial charge in [-0.15, -0.1) is 0 Å². The van der Waals surface area contributed by atoms with Crippen molar-refractivity contribution in [2.24, 2.45) is 0 Å². The smallest absolute Gasteiger partial charge is 0.239 e. The summed E-state index contributed by atoms with van der Waals surface area (Å²) < 4.78 is 10.9. The number of anilines is 2. The first-order chi connectivity index (χ1) is 9.35. The van der Waals surface area contributed by atoms with Gasteiger partial charge in [-0.25, -0.2) is 0 Å². The van der Waals surface area contributed by atoms with Crippen molar-refractivity contribution in [2.45, 2.75) is 26.3 Å². The topological polar surface area (TPSA) is 85.6 Å². The van der Waals surface area contributed by atoms with Crippen LogP contribution in [0, 0.1) is 0 Å². The van der Waals surface area contributed by atoms with Gasteiger partial charge in [-0.05, 0) is 20.8 Å². The van der Waals surface area contributed by atoms with Gasteiger partial charge < -0.3 is 25.8 Å². The minimum absolute atomic E-state index is 0.0909. The molecule has 0 fully saturated rings. The molecule has 6 nitrogen and oxygen atoms in total. The maximum Gasteiger partial charge on any atom is 0.239 e. The lowest BCUT2D eigenvalue weighted by Crippen LogP contribution is -2.43. The first kappa shape index (κ1) is 14.3. The van der Waals surface area contributed by atoms with Gasteiger partial charge in [0.05, 0.1) is 17.9 Å². The summed E-state index contributed by atoms with van der Waals surface area (Å²) in [5.41, 5.74) is 6.87. The van der Waals surface area contributed by atoms with Crippen LogP contribution in [0.4, 0.5) is 11.4 Å². The fourth-order valence-corrected chi connectivity index (χ4v) is 1.90. The molecule has 0 bridgehead atoms. The highest BCUT2D eigenvalue weighted by Crippen LogP contribution is 2.36. The van der Waals surface area contributed by atoms with Gasteiger partial charge in [0.15, 0.2) is 11.5 Å². The number of hydrogen-bond acceptors (Lipinski definition) is 5. The molecule has 20 heavy (non-hydrogen) atoms. The van der Waals surface area contributed by atoms with Crippen molar-refractivity contribution in [3.05, 3.63) is 12.1 Å². The van der Waals surface area contributed by atoms with Gasteiger partial charge in [0, 0.05) is 17.7 Å². The third kappa shape index (κ3) is 3.69. The molecule has 0 aromatic heterocycles. The molecule has 1 amide bonds. The van der Waals surface area contributed by atoms with Crippen molar-refractivity contribution in [3.8, 4) is 11.5 Å². The van der Waals surface area contributed by atoms with Crippen LogP contribution in [-0.2, 0) is 4.79 Å². The molecule has 0 atom stereocenters. The van der Waals surface area contributed by atoms with Crippen LogP contribution >= 0.6 is 0 Å². The molecule has 0 spiro atoms. The average molecular weight is 279 g/mol. The minimum Gasteiger partial charge on any atom is -0.486 e. The number of fused-ring (bicyclic) bond motifs is 1. The van der Waals surface area contributed by atoms with Crippen LogP contribution in [0.2, 0.25) is 0 Å². The second-order valence-corrected chi connectivity index (χ2v) is 5.73. The maximum atomic E-state index is 11.8. The summed E-state index contributed by atoms with van der Waals surface area (Å²) in [5, 5.41) is 5.89. The molecule has 1 heterocycles. The highest BCUT2D eigenvalue weighted by molar-refractivity contribution is 5.83. The van der Waals surface area contributed by atoms with E-state index in [-0.39, 0.29) is 18.0 Å². The fraction of sp³-hybridized carbons (Fsp3) is 0.500. The van der Waals surface area contributed by atoms with E-state index in [4.69, 9.17) is 15.2 Å². The summed E-state index contributed by atoms with van der Waals surface area (Å²) in [6.07, 6.45) is 0. The number of rotatable bonds is 3. The summed E-state index contributed by atoms with van der Waals surface area (Å²) in [5.74, 6) is 1.19. The molecule has 1 aliphatic heterocycles. The number of ether oxygens (including phenoxy) is 2. The lowest BCUT2D eigenvalue weighted by atomic mass is 10.1. The normalized spacial score (nSPS) is 13.8. The number of hydrogen-bond donors (Lipinski definition) is 3. The van der Waals surface area contributed by atoms with E-state index in [1.807, 2.05) is 20.8 Å². The highest BCUT2D eigenvalue weighted by Gasteiger charge is 2.16. The number of nitrogens with two attached hydrogens (primary N) is 1. The van der Waals surface area contributed by atoms with Crippen molar-refractivity contribution in [3.63, 3.8) is 0 Å². The molecule has 0 radical (unpaired) electrons. The van der Waals surface area contributed by atoms with Crippen molar-refractivity contribution >= 4 is 17.3 Å². The molecule has 110 valence electrons.